The number of hydrogen-bond donors (Lipinski definition) is 0. The van der Waals surface area contributed by atoms with E-state index in [0.717, 1.165) is 8.45 Å². The van der Waals surface area contributed by atoms with Crippen LogP contribution in [0, 0.1) is 20.1 Å². The predicted octanol–water partition coefficient (Wildman–Crippen LogP) is 2.97. The van der Waals surface area contributed by atoms with Gasteiger partial charge in [-0.25, -0.2) is 0 Å². The summed E-state index contributed by atoms with van der Waals surface area (Å²) in [7, 11) is 0. The zero-order valence-electron chi connectivity index (χ0n) is 9.24. The van der Waals surface area contributed by atoms with Gasteiger partial charge in [-0.1, -0.05) is 0 Å². The molecule has 0 saturated heterocycles. The summed E-state index contributed by atoms with van der Waals surface area (Å²) in [6, 6.07) is 4.03. The highest BCUT2D eigenvalue weighted by Gasteiger charge is 2.17. The molecule has 1 aromatic heterocycles. The molecule has 5 heteroatoms. The molecule has 0 unspecified atom stereocenters. The molecule has 3 nitrogen and oxygen atoms in total. The first-order valence-electron chi connectivity index (χ1n) is 5.01. The third-order valence-electron chi connectivity index (χ3n) is 2.20. The Morgan fingerprint density at radius 3 is 2.88 bits per heavy atom. The average Bonchev–Trinajstić information content (AvgIpc) is 2.71. The molecule has 16 heavy (non-hydrogen) atoms. The molecule has 1 rings (SSSR count). The normalized spacial score (nSPS) is 11.9. The van der Waals surface area contributed by atoms with E-state index < -0.39 is 0 Å². The van der Waals surface area contributed by atoms with E-state index in [0.29, 0.717) is 13.1 Å². The summed E-state index contributed by atoms with van der Waals surface area (Å²) >= 11 is 3.76. The minimum Gasteiger partial charge on any atom is -0.338 e. The number of thiophene rings is 1. The van der Waals surface area contributed by atoms with Crippen molar-refractivity contribution in [3.05, 3.63) is 19.9 Å². The topological polar surface area (TPSA) is 44.1 Å². The molecule has 0 aliphatic rings. The molecule has 0 aliphatic carbocycles. The second kappa shape index (κ2) is 6.21. The van der Waals surface area contributed by atoms with Crippen LogP contribution in [0.5, 0.6) is 0 Å². The second-order valence-corrected chi connectivity index (χ2v) is 6.32. The fourth-order valence-electron chi connectivity index (χ4n) is 1.33. The minimum absolute atomic E-state index is 0.0174. The Labute approximate surface area is 113 Å². The molecule has 0 spiro atoms. The van der Waals surface area contributed by atoms with Crippen molar-refractivity contribution < 1.29 is 4.79 Å². The Hall–Kier alpha value is -0.610. The third kappa shape index (κ3) is 3.46. The van der Waals surface area contributed by atoms with Gasteiger partial charge in [-0.15, -0.1) is 11.3 Å². The number of rotatable bonds is 4. The molecule has 0 fully saturated rings. The average molecular weight is 348 g/mol. The largest absolute Gasteiger partial charge is 0.338 e. The van der Waals surface area contributed by atoms with Crippen LogP contribution in [0.1, 0.15) is 24.2 Å². The summed E-state index contributed by atoms with van der Waals surface area (Å²) in [4.78, 5) is 13.8. The number of nitriles is 1. The van der Waals surface area contributed by atoms with Crippen LogP contribution < -0.4 is 0 Å². The molecular weight excluding hydrogens is 335 g/mol. The van der Waals surface area contributed by atoms with Crippen LogP contribution in [0.15, 0.2) is 11.4 Å². The van der Waals surface area contributed by atoms with Crippen LogP contribution in [-0.4, -0.2) is 23.9 Å². The van der Waals surface area contributed by atoms with Gasteiger partial charge in [-0.2, -0.15) is 5.26 Å². The van der Waals surface area contributed by atoms with Crippen molar-refractivity contribution in [2.75, 3.05) is 13.1 Å². The molecule has 0 saturated carbocycles. The number of halogens is 1. The maximum Gasteiger partial charge on any atom is 0.254 e. The van der Waals surface area contributed by atoms with E-state index in [4.69, 9.17) is 5.26 Å². The van der Waals surface area contributed by atoms with E-state index in [2.05, 4.69) is 28.7 Å². The Kier molecular flexibility index (Phi) is 5.22. The van der Waals surface area contributed by atoms with Gasteiger partial charge in [0.2, 0.25) is 0 Å². The van der Waals surface area contributed by atoms with Gasteiger partial charge in [0.25, 0.3) is 5.91 Å². The zero-order valence-corrected chi connectivity index (χ0v) is 12.2. The first kappa shape index (κ1) is 13.5. The lowest BCUT2D eigenvalue weighted by molar-refractivity contribution is 0.0753. The first-order valence-corrected chi connectivity index (χ1v) is 6.97. The standard InChI is InChI=1S/C11H13IN2OS/c1-3-14(6-8(2)5-13)11(15)9-4-10(12)16-7-9/h4,7-8H,3,6H2,1-2H3/t8-/m1/s1. The van der Waals surface area contributed by atoms with Crippen molar-refractivity contribution in [3.63, 3.8) is 0 Å². The molecule has 0 radical (unpaired) electrons. The molecular formula is C11H13IN2OS. The van der Waals surface area contributed by atoms with Crippen molar-refractivity contribution in [2.45, 2.75) is 13.8 Å². The number of hydrogen-bond acceptors (Lipinski definition) is 3. The molecule has 0 aliphatic heterocycles. The monoisotopic (exact) mass is 348 g/mol. The molecule has 1 aromatic rings. The predicted molar refractivity (Wildman–Crippen MR) is 73.4 cm³/mol. The number of carbonyl (C=O) groups is 1. The lowest BCUT2D eigenvalue weighted by Crippen LogP contribution is -2.34. The van der Waals surface area contributed by atoms with Crippen molar-refractivity contribution >= 4 is 39.8 Å². The maximum atomic E-state index is 12.1. The van der Waals surface area contributed by atoms with Crippen molar-refractivity contribution in [2.24, 2.45) is 5.92 Å². The number of nitrogens with zero attached hydrogens (tertiary/aromatic N) is 2. The van der Waals surface area contributed by atoms with Gasteiger partial charge in [0.15, 0.2) is 0 Å². The lowest BCUT2D eigenvalue weighted by atomic mass is 10.2. The van der Waals surface area contributed by atoms with E-state index in [1.807, 2.05) is 25.3 Å². The lowest BCUT2D eigenvalue weighted by Gasteiger charge is -2.21. The fraction of sp³-hybridized carbons (Fsp3) is 0.455. The Morgan fingerprint density at radius 1 is 1.75 bits per heavy atom. The molecule has 86 valence electrons. The summed E-state index contributed by atoms with van der Waals surface area (Å²) in [5.74, 6) is -0.106. The fourth-order valence-corrected chi connectivity index (χ4v) is 2.65. The minimum atomic E-state index is -0.124. The summed E-state index contributed by atoms with van der Waals surface area (Å²) in [5, 5.41) is 10.6. The van der Waals surface area contributed by atoms with E-state index >= 15 is 0 Å². The Balaban J connectivity index is 2.74. The van der Waals surface area contributed by atoms with Crippen LogP contribution in [0.2, 0.25) is 0 Å². The highest BCUT2D eigenvalue weighted by Crippen LogP contribution is 2.18. The molecule has 1 heterocycles. The highest BCUT2D eigenvalue weighted by atomic mass is 127. The van der Waals surface area contributed by atoms with Gasteiger partial charge in [-0.05, 0) is 42.5 Å². The van der Waals surface area contributed by atoms with Gasteiger partial charge in [-0.3, -0.25) is 4.79 Å². The zero-order chi connectivity index (χ0) is 12.1. The molecule has 1 amide bonds. The maximum absolute atomic E-state index is 12.1. The van der Waals surface area contributed by atoms with E-state index in [-0.39, 0.29) is 11.8 Å². The van der Waals surface area contributed by atoms with E-state index in [1.165, 1.54) is 0 Å². The van der Waals surface area contributed by atoms with Crippen LogP contribution in [0.25, 0.3) is 0 Å². The van der Waals surface area contributed by atoms with E-state index in [1.54, 1.807) is 16.2 Å². The molecule has 0 bridgehead atoms. The highest BCUT2D eigenvalue weighted by molar-refractivity contribution is 14.1. The van der Waals surface area contributed by atoms with Crippen LogP contribution in [0.3, 0.4) is 0 Å². The van der Waals surface area contributed by atoms with Gasteiger partial charge in [0.1, 0.15) is 0 Å². The number of carbonyl (C=O) groups excluding carboxylic acids is 1. The third-order valence-corrected chi connectivity index (χ3v) is 3.99. The summed E-state index contributed by atoms with van der Waals surface area (Å²) in [5.41, 5.74) is 0.724. The smallest absolute Gasteiger partial charge is 0.254 e. The number of amides is 1. The quantitative estimate of drug-likeness (QED) is 0.786. The molecule has 0 aromatic carbocycles. The van der Waals surface area contributed by atoms with Crippen LogP contribution in [0.4, 0.5) is 0 Å². The SMILES string of the molecule is CCN(C[C@H](C)C#N)C(=O)c1csc(I)c1. The van der Waals surface area contributed by atoms with Crippen molar-refractivity contribution in [1.82, 2.24) is 4.90 Å². The van der Waals surface area contributed by atoms with Gasteiger partial charge < -0.3 is 4.90 Å². The summed E-state index contributed by atoms with van der Waals surface area (Å²) < 4.78 is 1.10. The van der Waals surface area contributed by atoms with Gasteiger partial charge >= 0.3 is 0 Å². The first-order chi connectivity index (χ1) is 7.58. The van der Waals surface area contributed by atoms with Crippen molar-refractivity contribution in [1.29, 1.82) is 5.26 Å². The van der Waals surface area contributed by atoms with E-state index in [9.17, 15) is 4.79 Å². The Morgan fingerprint density at radius 2 is 2.44 bits per heavy atom. The molecule has 1 atom stereocenters. The van der Waals surface area contributed by atoms with Gasteiger partial charge in [0, 0.05) is 18.5 Å². The van der Waals surface area contributed by atoms with Gasteiger partial charge in [0.05, 0.1) is 20.4 Å². The summed E-state index contributed by atoms with van der Waals surface area (Å²) in [6.45, 7) is 4.89. The summed E-state index contributed by atoms with van der Waals surface area (Å²) in [6.07, 6.45) is 0. The van der Waals surface area contributed by atoms with Crippen molar-refractivity contribution in [3.8, 4) is 6.07 Å². The molecule has 0 N–H and O–H groups in total. The van der Waals surface area contributed by atoms with Crippen LogP contribution in [-0.2, 0) is 0 Å². The van der Waals surface area contributed by atoms with Crippen LogP contribution >= 0.6 is 33.9 Å². The second-order valence-electron chi connectivity index (χ2n) is 3.51. The Bertz CT molecular complexity index is 410.